The lowest BCUT2D eigenvalue weighted by atomic mass is 10.1. The van der Waals surface area contributed by atoms with E-state index >= 15 is 0 Å². The van der Waals surface area contributed by atoms with Gasteiger partial charge >= 0.3 is 0 Å². The van der Waals surface area contributed by atoms with E-state index in [2.05, 4.69) is 18.1 Å². The van der Waals surface area contributed by atoms with Gasteiger partial charge in [0, 0.05) is 7.05 Å². The fourth-order valence-corrected chi connectivity index (χ4v) is 3.02. The maximum absolute atomic E-state index is 12.5. The van der Waals surface area contributed by atoms with Crippen molar-refractivity contribution in [2.45, 2.75) is 26.4 Å². The van der Waals surface area contributed by atoms with E-state index in [1.807, 2.05) is 18.2 Å². The summed E-state index contributed by atoms with van der Waals surface area (Å²) in [5, 5.41) is 4.62. The van der Waals surface area contributed by atoms with Gasteiger partial charge in [0.1, 0.15) is 17.5 Å². The maximum Gasteiger partial charge on any atom is 0.273 e. The number of rotatable bonds is 4. The quantitative estimate of drug-likeness (QED) is 0.864. The minimum absolute atomic E-state index is 0.0275. The Morgan fingerprint density at radius 2 is 2.09 bits per heavy atom. The first kappa shape index (κ1) is 15.9. The molecule has 23 heavy (non-hydrogen) atoms. The summed E-state index contributed by atoms with van der Waals surface area (Å²) in [6.45, 7) is 5.03. The highest BCUT2D eigenvalue weighted by Gasteiger charge is 2.35. The van der Waals surface area contributed by atoms with E-state index in [1.165, 1.54) is 5.56 Å². The number of likely N-dealkylation sites (tertiary alicyclic amines) is 1. The minimum atomic E-state index is -0.0956. The Morgan fingerprint density at radius 3 is 2.70 bits per heavy atom. The largest absolute Gasteiger partial charge is 0.486 e. The number of hydrogen-bond donors (Lipinski definition) is 0. The Bertz CT molecular complexity index is 735. The highest BCUT2D eigenvalue weighted by atomic mass is 35.5. The molecule has 1 aliphatic rings. The zero-order chi connectivity index (χ0) is 16.6. The molecule has 0 N–H and O–H groups in total. The van der Waals surface area contributed by atoms with Gasteiger partial charge in [-0.05, 0) is 25.0 Å². The van der Waals surface area contributed by atoms with Crippen molar-refractivity contribution in [3.8, 4) is 5.75 Å². The van der Waals surface area contributed by atoms with Gasteiger partial charge in [-0.15, -0.1) is 0 Å². The van der Waals surface area contributed by atoms with E-state index in [4.69, 9.17) is 16.3 Å². The van der Waals surface area contributed by atoms with Crippen molar-refractivity contribution in [3.05, 3.63) is 46.2 Å². The number of ether oxygens (including phenoxy) is 1. The lowest BCUT2D eigenvalue weighted by molar-refractivity contribution is 0.0166. The Morgan fingerprint density at radius 1 is 1.39 bits per heavy atom. The molecule has 0 spiro atoms. The van der Waals surface area contributed by atoms with Crippen molar-refractivity contribution in [2.24, 2.45) is 7.05 Å². The molecule has 1 saturated heterocycles. The van der Waals surface area contributed by atoms with Crippen molar-refractivity contribution in [1.82, 2.24) is 14.7 Å². The second-order valence-corrected chi connectivity index (χ2v) is 6.16. The zero-order valence-corrected chi connectivity index (χ0v) is 14.3. The molecule has 1 aromatic carbocycles. The van der Waals surface area contributed by atoms with Crippen LogP contribution in [0, 0.1) is 6.92 Å². The first-order valence-corrected chi connectivity index (χ1v) is 8.12. The second-order valence-electron chi connectivity index (χ2n) is 5.78. The van der Waals surface area contributed by atoms with Crippen LogP contribution in [0.3, 0.4) is 0 Å². The van der Waals surface area contributed by atoms with Crippen LogP contribution in [-0.2, 0) is 13.5 Å². The smallest absolute Gasteiger partial charge is 0.273 e. The van der Waals surface area contributed by atoms with Gasteiger partial charge in [-0.25, -0.2) is 0 Å². The lowest BCUT2D eigenvalue weighted by Gasteiger charge is -2.39. The van der Waals surface area contributed by atoms with Crippen LogP contribution in [0.4, 0.5) is 0 Å². The van der Waals surface area contributed by atoms with Crippen molar-refractivity contribution in [3.63, 3.8) is 0 Å². The first-order chi connectivity index (χ1) is 11.0. The van der Waals surface area contributed by atoms with E-state index in [1.54, 1.807) is 23.6 Å². The standard InChI is InChI=1S/C17H20ClN3O2/c1-4-12-7-5-6-8-14(12)23-13-9-21(10-13)17(22)16-15(18)11(2)19-20(16)3/h5-8,13H,4,9-10H2,1-3H3. The van der Waals surface area contributed by atoms with Gasteiger partial charge < -0.3 is 9.64 Å². The van der Waals surface area contributed by atoms with Crippen LogP contribution in [0.25, 0.3) is 0 Å². The molecular formula is C17H20ClN3O2. The maximum atomic E-state index is 12.5. The van der Waals surface area contributed by atoms with Crippen LogP contribution in [0.2, 0.25) is 5.02 Å². The zero-order valence-electron chi connectivity index (χ0n) is 13.5. The van der Waals surface area contributed by atoms with Gasteiger partial charge in [0.15, 0.2) is 0 Å². The van der Waals surface area contributed by atoms with E-state index in [0.717, 1.165) is 12.2 Å². The summed E-state index contributed by atoms with van der Waals surface area (Å²) in [7, 11) is 1.73. The topological polar surface area (TPSA) is 47.4 Å². The molecule has 1 amide bonds. The molecule has 122 valence electrons. The number of hydrogen-bond acceptors (Lipinski definition) is 3. The van der Waals surface area contributed by atoms with Crippen LogP contribution in [-0.4, -0.2) is 39.8 Å². The monoisotopic (exact) mass is 333 g/mol. The molecule has 1 aromatic heterocycles. The summed E-state index contributed by atoms with van der Waals surface area (Å²) in [6.07, 6.45) is 0.954. The Balaban J connectivity index is 1.64. The van der Waals surface area contributed by atoms with Gasteiger partial charge in [0.2, 0.25) is 0 Å². The van der Waals surface area contributed by atoms with E-state index < -0.39 is 0 Å². The van der Waals surface area contributed by atoms with Crippen LogP contribution < -0.4 is 4.74 Å². The van der Waals surface area contributed by atoms with Gasteiger partial charge in [-0.3, -0.25) is 9.48 Å². The average Bonchev–Trinajstić information content (AvgIpc) is 2.75. The van der Waals surface area contributed by atoms with Crippen LogP contribution >= 0.6 is 11.6 Å². The minimum Gasteiger partial charge on any atom is -0.486 e. The molecule has 0 unspecified atom stereocenters. The highest BCUT2D eigenvalue weighted by molar-refractivity contribution is 6.34. The molecule has 2 aromatic rings. The number of amides is 1. The van der Waals surface area contributed by atoms with Gasteiger partial charge in [-0.2, -0.15) is 5.10 Å². The van der Waals surface area contributed by atoms with Gasteiger partial charge in [0.05, 0.1) is 23.8 Å². The number of carbonyl (C=O) groups is 1. The van der Waals surface area contributed by atoms with Crippen molar-refractivity contribution in [1.29, 1.82) is 0 Å². The summed E-state index contributed by atoms with van der Waals surface area (Å²) >= 11 is 6.18. The number of aryl methyl sites for hydroxylation is 3. The van der Waals surface area contributed by atoms with E-state index in [-0.39, 0.29) is 12.0 Å². The Hall–Kier alpha value is -2.01. The van der Waals surface area contributed by atoms with Crippen molar-refractivity contribution >= 4 is 17.5 Å². The fraction of sp³-hybridized carbons (Fsp3) is 0.412. The molecule has 0 radical (unpaired) electrons. The van der Waals surface area contributed by atoms with Gasteiger partial charge in [0.25, 0.3) is 5.91 Å². The molecule has 0 aliphatic carbocycles. The fourth-order valence-electron chi connectivity index (χ4n) is 2.78. The molecular weight excluding hydrogens is 314 g/mol. The van der Waals surface area contributed by atoms with Crippen molar-refractivity contribution in [2.75, 3.05) is 13.1 Å². The highest BCUT2D eigenvalue weighted by Crippen LogP contribution is 2.26. The summed E-state index contributed by atoms with van der Waals surface area (Å²) in [5.41, 5.74) is 2.29. The summed E-state index contributed by atoms with van der Waals surface area (Å²) in [6, 6.07) is 8.02. The average molecular weight is 334 g/mol. The number of para-hydroxylation sites is 1. The molecule has 3 rings (SSSR count). The van der Waals surface area contributed by atoms with Crippen LogP contribution in [0.15, 0.2) is 24.3 Å². The number of carbonyl (C=O) groups excluding carboxylic acids is 1. The molecule has 1 aliphatic heterocycles. The van der Waals surface area contributed by atoms with Crippen LogP contribution in [0.1, 0.15) is 28.7 Å². The molecule has 2 heterocycles. The Labute approximate surface area is 140 Å². The van der Waals surface area contributed by atoms with Crippen molar-refractivity contribution < 1.29 is 9.53 Å². The molecule has 0 atom stereocenters. The predicted molar refractivity (Wildman–Crippen MR) is 89.1 cm³/mol. The molecule has 0 bridgehead atoms. The molecule has 1 fully saturated rings. The first-order valence-electron chi connectivity index (χ1n) is 7.74. The van der Waals surface area contributed by atoms with Crippen LogP contribution in [0.5, 0.6) is 5.75 Å². The van der Waals surface area contributed by atoms with E-state index in [9.17, 15) is 4.79 Å². The summed E-state index contributed by atoms with van der Waals surface area (Å²) < 4.78 is 7.55. The third kappa shape index (κ3) is 2.93. The second kappa shape index (κ2) is 6.24. The third-order valence-electron chi connectivity index (χ3n) is 4.13. The molecule has 6 heteroatoms. The molecule has 0 saturated carbocycles. The summed E-state index contributed by atoms with van der Waals surface area (Å²) in [5.74, 6) is 0.809. The third-order valence-corrected chi connectivity index (χ3v) is 4.59. The normalized spacial score (nSPS) is 14.7. The summed E-state index contributed by atoms with van der Waals surface area (Å²) in [4.78, 5) is 14.3. The Kier molecular flexibility index (Phi) is 4.31. The SMILES string of the molecule is CCc1ccccc1OC1CN(C(=O)c2c(Cl)c(C)nn2C)C1. The molecule has 5 nitrogen and oxygen atoms in total. The number of benzene rings is 1. The van der Waals surface area contributed by atoms with Gasteiger partial charge in [-0.1, -0.05) is 36.7 Å². The number of nitrogens with zero attached hydrogens (tertiary/aromatic N) is 3. The number of aromatic nitrogens is 2. The van der Waals surface area contributed by atoms with E-state index in [0.29, 0.717) is 29.5 Å². The number of halogens is 1. The lowest BCUT2D eigenvalue weighted by Crippen LogP contribution is -2.56. The predicted octanol–water partition coefficient (Wildman–Crippen LogP) is 2.85.